The number of para-hydroxylation sites is 1. The molecule has 1 aliphatic carbocycles. The molecule has 2 N–H and O–H groups in total. The maximum atomic E-state index is 6.47. The summed E-state index contributed by atoms with van der Waals surface area (Å²) in [6.45, 7) is 0. The highest BCUT2D eigenvalue weighted by atomic mass is 35.5. The fourth-order valence-electron chi connectivity index (χ4n) is 3.25. The molecule has 1 saturated carbocycles. The maximum Gasteiger partial charge on any atom is 0.152 e. The van der Waals surface area contributed by atoms with Gasteiger partial charge in [-0.3, -0.25) is 0 Å². The molecule has 0 saturated heterocycles. The van der Waals surface area contributed by atoms with Gasteiger partial charge in [0.05, 0.1) is 16.7 Å². The second-order valence-corrected chi connectivity index (χ2v) is 6.02. The second kappa shape index (κ2) is 5.40. The first-order chi connectivity index (χ1) is 9.66. The highest BCUT2D eigenvalue weighted by molar-refractivity contribution is 6.34. The van der Waals surface area contributed by atoms with E-state index < -0.39 is 0 Å². The van der Waals surface area contributed by atoms with Crippen molar-refractivity contribution >= 4 is 22.6 Å². The molecule has 3 nitrogen and oxygen atoms in total. The number of rotatable bonds is 3. The van der Waals surface area contributed by atoms with Gasteiger partial charge in [-0.2, -0.15) is 0 Å². The number of ether oxygens (including phenoxy) is 1. The van der Waals surface area contributed by atoms with Crippen molar-refractivity contribution in [1.82, 2.24) is 0 Å². The zero-order valence-electron chi connectivity index (χ0n) is 11.7. The van der Waals surface area contributed by atoms with Crippen LogP contribution in [-0.4, -0.2) is 12.7 Å². The Morgan fingerprint density at radius 3 is 2.70 bits per heavy atom. The summed E-state index contributed by atoms with van der Waals surface area (Å²) in [6.07, 6.45) is 5.53. The molecule has 20 heavy (non-hydrogen) atoms. The van der Waals surface area contributed by atoms with Crippen LogP contribution in [0.4, 0.5) is 0 Å². The van der Waals surface area contributed by atoms with Crippen molar-refractivity contribution in [3.8, 4) is 0 Å². The first-order valence-corrected chi connectivity index (χ1v) is 7.53. The van der Waals surface area contributed by atoms with Gasteiger partial charge in [0.2, 0.25) is 0 Å². The standard InChI is InChI=1S/C16H20ClNO2/c1-19-16(8-3-2-4-9-16)15(18)13-10-11-6-5-7-12(17)14(11)20-13/h5-7,10,15H,2-4,8-9,18H2,1H3. The third kappa shape index (κ3) is 2.24. The molecule has 1 aromatic carbocycles. The summed E-state index contributed by atoms with van der Waals surface area (Å²) >= 11 is 6.16. The van der Waals surface area contributed by atoms with E-state index in [4.69, 9.17) is 26.5 Å². The fourth-order valence-corrected chi connectivity index (χ4v) is 3.47. The molecule has 1 aromatic heterocycles. The van der Waals surface area contributed by atoms with Crippen LogP contribution in [0.15, 0.2) is 28.7 Å². The lowest BCUT2D eigenvalue weighted by atomic mass is 9.78. The van der Waals surface area contributed by atoms with E-state index in [-0.39, 0.29) is 11.6 Å². The summed E-state index contributed by atoms with van der Waals surface area (Å²) in [5.74, 6) is 0.761. The van der Waals surface area contributed by atoms with Gasteiger partial charge in [-0.25, -0.2) is 0 Å². The number of furan rings is 1. The molecule has 0 aliphatic heterocycles. The lowest BCUT2D eigenvalue weighted by Crippen LogP contribution is -2.44. The number of halogens is 1. The molecule has 3 rings (SSSR count). The summed E-state index contributed by atoms with van der Waals surface area (Å²) in [5.41, 5.74) is 6.87. The minimum absolute atomic E-state index is 0.253. The summed E-state index contributed by atoms with van der Waals surface area (Å²) in [6, 6.07) is 7.47. The quantitative estimate of drug-likeness (QED) is 0.910. The van der Waals surface area contributed by atoms with Gasteiger partial charge in [-0.1, -0.05) is 43.0 Å². The summed E-state index contributed by atoms with van der Waals surface area (Å²) in [4.78, 5) is 0. The number of nitrogens with two attached hydrogens (primary N) is 1. The van der Waals surface area contributed by atoms with Gasteiger partial charge < -0.3 is 14.9 Å². The number of hydrogen-bond donors (Lipinski definition) is 1. The van der Waals surface area contributed by atoms with Crippen molar-refractivity contribution in [1.29, 1.82) is 0 Å². The van der Waals surface area contributed by atoms with Gasteiger partial charge in [0.1, 0.15) is 5.76 Å². The average Bonchev–Trinajstić information content (AvgIpc) is 2.92. The smallest absolute Gasteiger partial charge is 0.152 e. The Labute approximate surface area is 124 Å². The zero-order valence-corrected chi connectivity index (χ0v) is 12.5. The number of benzene rings is 1. The van der Waals surface area contributed by atoms with Gasteiger partial charge in [0.15, 0.2) is 5.58 Å². The highest BCUT2D eigenvalue weighted by Crippen LogP contribution is 2.41. The van der Waals surface area contributed by atoms with Crippen molar-refractivity contribution in [2.24, 2.45) is 5.73 Å². The van der Waals surface area contributed by atoms with Crippen LogP contribution in [0.5, 0.6) is 0 Å². The maximum absolute atomic E-state index is 6.47. The largest absolute Gasteiger partial charge is 0.458 e. The van der Waals surface area contributed by atoms with E-state index in [1.54, 1.807) is 7.11 Å². The first-order valence-electron chi connectivity index (χ1n) is 7.15. The SMILES string of the molecule is COC1(C(N)c2cc3cccc(Cl)c3o2)CCCCC1. The topological polar surface area (TPSA) is 48.4 Å². The van der Waals surface area contributed by atoms with Crippen LogP contribution in [0, 0.1) is 0 Å². The number of hydrogen-bond acceptors (Lipinski definition) is 3. The second-order valence-electron chi connectivity index (χ2n) is 5.61. The van der Waals surface area contributed by atoms with Crippen LogP contribution in [0.3, 0.4) is 0 Å². The lowest BCUT2D eigenvalue weighted by molar-refractivity contribution is -0.0634. The fraction of sp³-hybridized carbons (Fsp3) is 0.500. The van der Waals surface area contributed by atoms with Gasteiger partial charge in [0.25, 0.3) is 0 Å². The molecule has 1 fully saturated rings. The Hall–Kier alpha value is -1.03. The molecular formula is C16H20ClNO2. The van der Waals surface area contributed by atoms with E-state index in [2.05, 4.69) is 0 Å². The normalized spacial score (nSPS) is 20.1. The molecule has 1 aliphatic rings. The van der Waals surface area contributed by atoms with E-state index in [1.165, 1.54) is 6.42 Å². The van der Waals surface area contributed by atoms with E-state index >= 15 is 0 Å². The van der Waals surface area contributed by atoms with Gasteiger partial charge in [-0.05, 0) is 25.0 Å². The number of methoxy groups -OCH3 is 1. The van der Waals surface area contributed by atoms with Crippen LogP contribution in [-0.2, 0) is 4.74 Å². The van der Waals surface area contributed by atoms with E-state index in [0.29, 0.717) is 10.6 Å². The van der Waals surface area contributed by atoms with Crippen LogP contribution in [0.1, 0.15) is 43.9 Å². The molecule has 1 unspecified atom stereocenters. The van der Waals surface area contributed by atoms with Crippen molar-refractivity contribution in [3.63, 3.8) is 0 Å². The predicted octanol–water partition coefficient (Wildman–Crippen LogP) is 4.44. The first kappa shape index (κ1) is 13.9. The van der Waals surface area contributed by atoms with Crippen LogP contribution >= 0.6 is 11.6 Å². The molecule has 0 amide bonds. The zero-order chi connectivity index (χ0) is 14.2. The number of fused-ring (bicyclic) bond motifs is 1. The summed E-state index contributed by atoms with van der Waals surface area (Å²) in [5, 5.41) is 1.61. The molecule has 1 heterocycles. The Morgan fingerprint density at radius 2 is 2.05 bits per heavy atom. The third-order valence-corrected chi connectivity index (χ3v) is 4.79. The van der Waals surface area contributed by atoms with Crippen molar-refractivity contribution in [2.75, 3.05) is 7.11 Å². The van der Waals surface area contributed by atoms with Gasteiger partial charge >= 0.3 is 0 Å². The van der Waals surface area contributed by atoms with Crippen molar-refractivity contribution < 1.29 is 9.15 Å². The van der Waals surface area contributed by atoms with Crippen molar-refractivity contribution in [2.45, 2.75) is 43.7 Å². The monoisotopic (exact) mass is 293 g/mol. The Kier molecular flexibility index (Phi) is 3.76. The summed E-state index contributed by atoms with van der Waals surface area (Å²) in [7, 11) is 1.75. The molecule has 4 heteroatoms. The van der Waals surface area contributed by atoms with Gasteiger partial charge in [0, 0.05) is 12.5 Å². The molecule has 0 spiro atoms. The van der Waals surface area contributed by atoms with E-state index in [9.17, 15) is 0 Å². The Balaban J connectivity index is 1.98. The highest BCUT2D eigenvalue weighted by Gasteiger charge is 2.40. The molecule has 0 bridgehead atoms. The molecule has 1 atom stereocenters. The van der Waals surface area contributed by atoms with E-state index in [0.717, 1.165) is 36.8 Å². The van der Waals surface area contributed by atoms with E-state index in [1.807, 2.05) is 24.3 Å². The molecule has 108 valence electrons. The minimum atomic E-state index is -0.307. The van der Waals surface area contributed by atoms with Crippen LogP contribution in [0.25, 0.3) is 11.0 Å². The van der Waals surface area contributed by atoms with Gasteiger partial charge in [-0.15, -0.1) is 0 Å². The Bertz CT molecular complexity index is 602. The van der Waals surface area contributed by atoms with Crippen LogP contribution < -0.4 is 5.73 Å². The van der Waals surface area contributed by atoms with Crippen LogP contribution in [0.2, 0.25) is 5.02 Å². The predicted molar refractivity (Wildman–Crippen MR) is 81.0 cm³/mol. The molecule has 2 aromatic rings. The summed E-state index contributed by atoms with van der Waals surface area (Å²) < 4.78 is 11.7. The third-order valence-electron chi connectivity index (χ3n) is 4.49. The minimum Gasteiger partial charge on any atom is -0.458 e. The Morgan fingerprint density at radius 1 is 1.30 bits per heavy atom. The van der Waals surface area contributed by atoms with Crippen molar-refractivity contribution in [3.05, 3.63) is 35.0 Å². The average molecular weight is 294 g/mol. The molecule has 0 radical (unpaired) electrons. The molecular weight excluding hydrogens is 274 g/mol. The lowest BCUT2D eigenvalue weighted by Gasteiger charge is -2.39.